The van der Waals surface area contributed by atoms with E-state index in [1.54, 1.807) is 0 Å². The molecule has 1 aromatic carbocycles. The Balaban J connectivity index is 2.60. The van der Waals surface area contributed by atoms with Crippen LogP contribution in [-0.4, -0.2) is 30.3 Å². The molecule has 0 atom stereocenters. The van der Waals surface area contributed by atoms with Crippen molar-refractivity contribution >= 4 is 5.78 Å². The first-order chi connectivity index (χ1) is 9.21. The van der Waals surface area contributed by atoms with Crippen LogP contribution in [0.1, 0.15) is 56.0 Å². The summed E-state index contributed by atoms with van der Waals surface area (Å²) in [5, 5.41) is 0. The smallest absolute Gasteiger partial charge is 0.176 e. The number of Topliss-reactive ketones (excluding diaryl/α,β-unsaturated/α-hetero) is 1. The zero-order valence-electron chi connectivity index (χ0n) is 12.6. The first-order valence-electron chi connectivity index (χ1n) is 7.55. The Kier molecular flexibility index (Phi) is 7.42. The number of ketones is 1. The van der Waals surface area contributed by atoms with Gasteiger partial charge in [0.25, 0.3) is 0 Å². The monoisotopic (exact) mass is 261 g/mol. The van der Waals surface area contributed by atoms with Crippen LogP contribution >= 0.6 is 0 Å². The quantitative estimate of drug-likeness (QED) is 0.627. The fourth-order valence-electron chi connectivity index (χ4n) is 2.34. The summed E-state index contributed by atoms with van der Waals surface area (Å²) in [5.41, 5.74) is 2.16. The number of rotatable bonds is 9. The SMILES string of the molecule is CCCc1ccc(C(=O)CN(CCC)CCC)cc1. The molecule has 0 fully saturated rings. The second-order valence-electron chi connectivity index (χ2n) is 5.15. The largest absolute Gasteiger partial charge is 0.296 e. The van der Waals surface area contributed by atoms with Gasteiger partial charge in [0.05, 0.1) is 6.54 Å². The summed E-state index contributed by atoms with van der Waals surface area (Å²) < 4.78 is 0. The molecule has 106 valence electrons. The highest BCUT2D eigenvalue weighted by atomic mass is 16.1. The van der Waals surface area contributed by atoms with Crippen molar-refractivity contribution in [3.05, 3.63) is 35.4 Å². The third kappa shape index (κ3) is 5.56. The molecule has 1 aromatic rings. The number of carbonyl (C=O) groups is 1. The molecule has 0 radical (unpaired) electrons. The molecule has 0 heterocycles. The van der Waals surface area contributed by atoms with E-state index in [9.17, 15) is 4.79 Å². The predicted octanol–water partition coefficient (Wildman–Crippen LogP) is 3.94. The van der Waals surface area contributed by atoms with Gasteiger partial charge < -0.3 is 0 Å². The molecule has 0 saturated heterocycles. The highest BCUT2D eigenvalue weighted by Crippen LogP contribution is 2.08. The van der Waals surface area contributed by atoms with Gasteiger partial charge in [-0.2, -0.15) is 0 Å². The number of nitrogens with zero attached hydrogens (tertiary/aromatic N) is 1. The molecule has 0 saturated carbocycles. The van der Waals surface area contributed by atoms with E-state index in [0.717, 1.165) is 44.3 Å². The van der Waals surface area contributed by atoms with Gasteiger partial charge in [0.1, 0.15) is 0 Å². The molecule has 1 rings (SSSR count). The van der Waals surface area contributed by atoms with Crippen LogP contribution in [0.3, 0.4) is 0 Å². The minimum absolute atomic E-state index is 0.241. The predicted molar refractivity (Wildman–Crippen MR) is 81.8 cm³/mol. The van der Waals surface area contributed by atoms with Gasteiger partial charge >= 0.3 is 0 Å². The van der Waals surface area contributed by atoms with Crippen molar-refractivity contribution < 1.29 is 4.79 Å². The third-order valence-corrected chi connectivity index (χ3v) is 3.26. The van der Waals surface area contributed by atoms with Crippen LogP contribution in [-0.2, 0) is 6.42 Å². The van der Waals surface area contributed by atoms with Gasteiger partial charge in [0, 0.05) is 5.56 Å². The summed E-state index contributed by atoms with van der Waals surface area (Å²) in [4.78, 5) is 14.5. The van der Waals surface area contributed by atoms with Crippen molar-refractivity contribution in [3.8, 4) is 0 Å². The summed E-state index contributed by atoms with van der Waals surface area (Å²) in [6.07, 6.45) is 4.44. The van der Waals surface area contributed by atoms with E-state index in [-0.39, 0.29) is 5.78 Å². The summed E-state index contributed by atoms with van der Waals surface area (Å²) in [7, 11) is 0. The van der Waals surface area contributed by atoms with Crippen LogP contribution in [0.2, 0.25) is 0 Å². The van der Waals surface area contributed by atoms with Gasteiger partial charge in [-0.05, 0) is 37.9 Å². The molecule has 2 nitrogen and oxygen atoms in total. The summed E-state index contributed by atoms with van der Waals surface area (Å²) in [6, 6.07) is 8.12. The number of hydrogen-bond acceptors (Lipinski definition) is 2. The molecule has 0 aliphatic carbocycles. The van der Waals surface area contributed by atoms with Crippen LogP contribution in [0.25, 0.3) is 0 Å². The second-order valence-corrected chi connectivity index (χ2v) is 5.15. The van der Waals surface area contributed by atoms with Gasteiger partial charge in [-0.15, -0.1) is 0 Å². The number of aryl methyl sites for hydroxylation is 1. The topological polar surface area (TPSA) is 20.3 Å². The zero-order chi connectivity index (χ0) is 14.1. The second kappa shape index (κ2) is 8.87. The molecule has 0 bridgehead atoms. The highest BCUT2D eigenvalue weighted by Gasteiger charge is 2.11. The molecule has 0 aromatic heterocycles. The zero-order valence-corrected chi connectivity index (χ0v) is 12.6. The van der Waals surface area contributed by atoms with Crippen LogP contribution in [0.5, 0.6) is 0 Å². The Morgan fingerprint density at radius 3 is 2.00 bits per heavy atom. The van der Waals surface area contributed by atoms with Crippen molar-refractivity contribution in [2.75, 3.05) is 19.6 Å². The molecule has 0 amide bonds. The lowest BCUT2D eigenvalue weighted by molar-refractivity contribution is 0.0930. The minimum atomic E-state index is 0.241. The fraction of sp³-hybridized carbons (Fsp3) is 0.588. The molecule has 2 heteroatoms. The first-order valence-corrected chi connectivity index (χ1v) is 7.55. The summed E-state index contributed by atoms with van der Waals surface area (Å²) in [6.45, 7) is 9.06. The van der Waals surface area contributed by atoms with Gasteiger partial charge in [0.15, 0.2) is 5.78 Å². The van der Waals surface area contributed by atoms with Crippen molar-refractivity contribution in [2.45, 2.75) is 46.5 Å². The van der Waals surface area contributed by atoms with Crippen LogP contribution in [0, 0.1) is 0 Å². The normalized spacial score (nSPS) is 10.9. The number of hydrogen-bond donors (Lipinski definition) is 0. The maximum Gasteiger partial charge on any atom is 0.176 e. The number of benzene rings is 1. The molecule has 0 unspecified atom stereocenters. The van der Waals surface area contributed by atoms with E-state index in [1.165, 1.54) is 5.56 Å². The molecule has 19 heavy (non-hydrogen) atoms. The van der Waals surface area contributed by atoms with E-state index >= 15 is 0 Å². The third-order valence-electron chi connectivity index (χ3n) is 3.26. The molecular formula is C17H27NO. The maximum atomic E-state index is 12.2. The average Bonchev–Trinajstić information content (AvgIpc) is 2.40. The van der Waals surface area contributed by atoms with Crippen molar-refractivity contribution in [3.63, 3.8) is 0 Å². The molecule has 0 aliphatic rings. The minimum Gasteiger partial charge on any atom is -0.296 e. The molecule has 0 spiro atoms. The number of carbonyl (C=O) groups excluding carboxylic acids is 1. The van der Waals surface area contributed by atoms with Crippen LogP contribution in [0.4, 0.5) is 0 Å². The summed E-state index contributed by atoms with van der Waals surface area (Å²) in [5.74, 6) is 0.241. The van der Waals surface area contributed by atoms with Crippen molar-refractivity contribution in [1.29, 1.82) is 0 Å². The Bertz CT molecular complexity index is 363. The summed E-state index contributed by atoms with van der Waals surface area (Å²) >= 11 is 0. The van der Waals surface area contributed by atoms with Gasteiger partial charge in [-0.25, -0.2) is 0 Å². The van der Waals surface area contributed by atoms with Gasteiger partial charge in [-0.1, -0.05) is 51.5 Å². The lowest BCUT2D eigenvalue weighted by Crippen LogP contribution is -2.31. The lowest BCUT2D eigenvalue weighted by Gasteiger charge is -2.19. The highest BCUT2D eigenvalue weighted by molar-refractivity contribution is 5.97. The Labute approximate surface area is 117 Å². The van der Waals surface area contributed by atoms with Crippen LogP contribution in [0.15, 0.2) is 24.3 Å². The molecule has 0 aliphatic heterocycles. The van der Waals surface area contributed by atoms with E-state index in [4.69, 9.17) is 0 Å². The van der Waals surface area contributed by atoms with Gasteiger partial charge in [-0.3, -0.25) is 9.69 Å². The molecule has 0 N–H and O–H groups in total. The lowest BCUT2D eigenvalue weighted by atomic mass is 10.0. The van der Waals surface area contributed by atoms with Crippen molar-refractivity contribution in [1.82, 2.24) is 4.90 Å². The van der Waals surface area contributed by atoms with E-state index in [0.29, 0.717) is 6.54 Å². The molecular weight excluding hydrogens is 234 g/mol. The maximum absolute atomic E-state index is 12.2. The van der Waals surface area contributed by atoms with Crippen LogP contribution < -0.4 is 0 Å². The van der Waals surface area contributed by atoms with Gasteiger partial charge in [0.2, 0.25) is 0 Å². The van der Waals surface area contributed by atoms with E-state index in [1.807, 2.05) is 12.1 Å². The average molecular weight is 261 g/mol. The first kappa shape index (κ1) is 15.9. The van der Waals surface area contributed by atoms with E-state index in [2.05, 4.69) is 37.8 Å². The Morgan fingerprint density at radius 2 is 1.53 bits per heavy atom. The Hall–Kier alpha value is -1.15. The Morgan fingerprint density at radius 1 is 0.947 bits per heavy atom. The standard InChI is InChI=1S/C17H27NO/c1-4-7-15-8-10-16(11-9-15)17(19)14-18(12-5-2)13-6-3/h8-11H,4-7,12-14H2,1-3H3. The van der Waals surface area contributed by atoms with Crippen molar-refractivity contribution in [2.24, 2.45) is 0 Å². The fourth-order valence-corrected chi connectivity index (χ4v) is 2.34. The van der Waals surface area contributed by atoms with E-state index < -0.39 is 0 Å².